The second kappa shape index (κ2) is 8.73. The van der Waals surface area contributed by atoms with E-state index >= 15 is 0 Å². The standard InChI is InChI=1S/C21H17F3N2O4/c22-21(23,24)14-5-3-4-13(12-14)16-8-9-18(30-16)20(28)26-15-6-1-2-7-17(15)29-11-10-19(25)27/h1-9,12H,10-11H2,(H2,25,27)(H,26,28). The number of halogens is 3. The summed E-state index contributed by atoms with van der Waals surface area (Å²) in [7, 11) is 0. The van der Waals surface area contributed by atoms with Crippen molar-refractivity contribution in [2.75, 3.05) is 11.9 Å². The Labute approximate surface area is 169 Å². The van der Waals surface area contributed by atoms with Crippen molar-refractivity contribution in [1.29, 1.82) is 0 Å². The van der Waals surface area contributed by atoms with E-state index in [4.69, 9.17) is 14.9 Å². The Hall–Kier alpha value is -3.75. The monoisotopic (exact) mass is 418 g/mol. The summed E-state index contributed by atoms with van der Waals surface area (Å²) in [6, 6.07) is 14.0. The van der Waals surface area contributed by atoms with Crippen molar-refractivity contribution in [3.8, 4) is 17.1 Å². The van der Waals surface area contributed by atoms with Crippen molar-refractivity contribution in [3.63, 3.8) is 0 Å². The molecule has 0 aliphatic carbocycles. The van der Waals surface area contributed by atoms with Crippen LogP contribution in [-0.2, 0) is 11.0 Å². The van der Waals surface area contributed by atoms with Gasteiger partial charge in [0.25, 0.3) is 5.91 Å². The van der Waals surface area contributed by atoms with Crippen LogP contribution in [0.15, 0.2) is 65.1 Å². The van der Waals surface area contributed by atoms with Gasteiger partial charge in [-0.25, -0.2) is 0 Å². The molecule has 0 spiro atoms. The number of hydrogen-bond donors (Lipinski definition) is 2. The first kappa shape index (κ1) is 21.0. The van der Waals surface area contributed by atoms with Crippen LogP contribution in [0.2, 0.25) is 0 Å². The number of carbonyl (C=O) groups is 2. The number of primary amides is 1. The van der Waals surface area contributed by atoms with Gasteiger partial charge in [0, 0.05) is 5.56 Å². The van der Waals surface area contributed by atoms with Gasteiger partial charge in [-0.1, -0.05) is 24.3 Å². The predicted molar refractivity (Wildman–Crippen MR) is 103 cm³/mol. The molecule has 3 aromatic rings. The minimum atomic E-state index is -4.49. The first-order valence-electron chi connectivity index (χ1n) is 8.83. The number of furan rings is 1. The number of nitrogens with one attached hydrogen (secondary N) is 1. The molecule has 9 heteroatoms. The second-order valence-electron chi connectivity index (χ2n) is 6.26. The molecule has 0 saturated carbocycles. The average molecular weight is 418 g/mol. The Morgan fingerprint density at radius 2 is 1.80 bits per heavy atom. The third-order valence-corrected chi connectivity index (χ3v) is 4.05. The lowest BCUT2D eigenvalue weighted by atomic mass is 10.1. The summed E-state index contributed by atoms with van der Waals surface area (Å²) in [4.78, 5) is 23.3. The van der Waals surface area contributed by atoms with Gasteiger partial charge in [0.05, 0.1) is 24.3 Å². The van der Waals surface area contributed by atoms with Gasteiger partial charge >= 0.3 is 6.18 Å². The fourth-order valence-corrected chi connectivity index (χ4v) is 2.61. The van der Waals surface area contributed by atoms with Crippen LogP contribution < -0.4 is 15.8 Å². The molecule has 2 amide bonds. The van der Waals surface area contributed by atoms with Crippen LogP contribution in [0.1, 0.15) is 22.5 Å². The zero-order chi connectivity index (χ0) is 21.7. The van der Waals surface area contributed by atoms with Crippen LogP contribution in [0.5, 0.6) is 5.75 Å². The summed E-state index contributed by atoms with van der Waals surface area (Å²) >= 11 is 0. The number of alkyl halides is 3. The third kappa shape index (κ3) is 5.19. The van der Waals surface area contributed by atoms with E-state index in [1.54, 1.807) is 24.3 Å². The van der Waals surface area contributed by atoms with Crippen LogP contribution >= 0.6 is 0 Å². The molecule has 0 fully saturated rings. The van der Waals surface area contributed by atoms with Crippen LogP contribution in [-0.4, -0.2) is 18.4 Å². The Morgan fingerprint density at radius 1 is 1.03 bits per heavy atom. The minimum absolute atomic E-state index is 0.0147. The van der Waals surface area contributed by atoms with Crippen LogP contribution in [0.25, 0.3) is 11.3 Å². The predicted octanol–water partition coefficient (Wildman–Crippen LogP) is 4.47. The van der Waals surface area contributed by atoms with Crippen molar-refractivity contribution in [2.24, 2.45) is 5.73 Å². The van der Waals surface area contributed by atoms with Gasteiger partial charge in [-0.2, -0.15) is 13.2 Å². The number of para-hydroxylation sites is 2. The molecular formula is C21H17F3N2O4. The molecule has 30 heavy (non-hydrogen) atoms. The van der Waals surface area contributed by atoms with Gasteiger partial charge in [-0.05, 0) is 36.4 Å². The molecule has 1 aromatic heterocycles. The van der Waals surface area contributed by atoms with E-state index < -0.39 is 23.6 Å². The van der Waals surface area contributed by atoms with Crippen molar-refractivity contribution in [2.45, 2.75) is 12.6 Å². The van der Waals surface area contributed by atoms with Gasteiger partial charge in [-0.15, -0.1) is 0 Å². The number of anilines is 1. The van der Waals surface area contributed by atoms with E-state index in [2.05, 4.69) is 5.32 Å². The van der Waals surface area contributed by atoms with E-state index in [1.165, 1.54) is 24.3 Å². The van der Waals surface area contributed by atoms with Gasteiger partial charge in [-0.3, -0.25) is 9.59 Å². The first-order chi connectivity index (χ1) is 14.2. The summed E-state index contributed by atoms with van der Waals surface area (Å²) in [6.07, 6.45) is -4.47. The summed E-state index contributed by atoms with van der Waals surface area (Å²) in [5.41, 5.74) is 4.79. The lowest BCUT2D eigenvalue weighted by Gasteiger charge is -2.11. The van der Waals surface area contributed by atoms with Gasteiger partial charge in [0.2, 0.25) is 5.91 Å². The molecule has 0 saturated heterocycles. The number of hydrogen-bond acceptors (Lipinski definition) is 4. The molecule has 6 nitrogen and oxygen atoms in total. The molecule has 0 aliphatic rings. The summed E-state index contributed by atoms with van der Waals surface area (Å²) in [5, 5.41) is 2.61. The molecule has 0 bridgehead atoms. The molecule has 3 N–H and O–H groups in total. The molecule has 3 rings (SSSR count). The maximum Gasteiger partial charge on any atom is 0.416 e. The van der Waals surface area contributed by atoms with Gasteiger partial charge < -0.3 is 20.2 Å². The van der Waals surface area contributed by atoms with Crippen LogP contribution in [0.4, 0.5) is 18.9 Å². The topological polar surface area (TPSA) is 94.6 Å². The largest absolute Gasteiger partial charge is 0.491 e. The quantitative estimate of drug-likeness (QED) is 0.592. The Balaban J connectivity index is 1.74. The lowest BCUT2D eigenvalue weighted by Crippen LogP contribution is -2.16. The fraction of sp³-hybridized carbons (Fsp3) is 0.143. The van der Waals surface area contributed by atoms with Crippen molar-refractivity contribution in [3.05, 3.63) is 72.0 Å². The highest BCUT2D eigenvalue weighted by Gasteiger charge is 2.30. The van der Waals surface area contributed by atoms with E-state index in [1.807, 2.05) is 0 Å². The maximum atomic E-state index is 12.9. The Kier molecular flexibility index (Phi) is 6.10. The number of carbonyl (C=O) groups excluding carboxylic acids is 2. The van der Waals surface area contributed by atoms with Crippen molar-refractivity contribution in [1.82, 2.24) is 0 Å². The molecule has 0 atom stereocenters. The van der Waals surface area contributed by atoms with E-state index in [-0.39, 0.29) is 30.1 Å². The normalized spacial score (nSPS) is 11.2. The summed E-state index contributed by atoms with van der Waals surface area (Å²) in [6.45, 7) is 0.0443. The number of benzene rings is 2. The number of ether oxygens (including phenoxy) is 1. The molecule has 0 aliphatic heterocycles. The first-order valence-corrected chi connectivity index (χ1v) is 8.83. The third-order valence-electron chi connectivity index (χ3n) is 4.05. The fourth-order valence-electron chi connectivity index (χ4n) is 2.61. The van der Waals surface area contributed by atoms with Crippen molar-refractivity contribution >= 4 is 17.5 Å². The molecule has 0 unspecified atom stereocenters. The van der Waals surface area contributed by atoms with E-state index in [0.717, 1.165) is 12.1 Å². The molecule has 156 valence electrons. The Morgan fingerprint density at radius 3 is 2.53 bits per heavy atom. The molecular weight excluding hydrogens is 401 g/mol. The lowest BCUT2D eigenvalue weighted by molar-refractivity contribution is -0.137. The van der Waals surface area contributed by atoms with Crippen LogP contribution in [0, 0.1) is 0 Å². The Bertz CT molecular complexity index is 1060. The highest BCUT2D eigenvalue weighted by molar-refractivity contribution is 6.03. The number of rotatable bonds is 7. The molecule has 2 aromatic carbocycles. The highest BCUT2D eigenvalue weighted by atomic mass is 19.4. The van der Waals surface area contributed by atoms with E-state index in [0.29, 0.717) is 11.4 Å². The molecule has 1 heterocycles. The summed E-state index contributed by atoms with van der Waals surface area (Å²) < 4.78 is 49.6. The van der Waals surface area contributed by atoms with E-state index in [9.17, 15) is 22.8 Å². The average Bonchev–Trinajstić information content (AvgIpc) is 3.19. The number of nitrogens with two attached hydrogens (primary N) is 1. The maximum absolute atomic E-state index is 12.9. The molecule has 0 radical (unpaired) electrons. The van der Waals surface area contributed by atoms with Crippen molar-refractivity contribution < 1.29 is 31.9 Å². The van der Waals surface area contributed by atoms with Gasteiger partial charge in [0.15, 0.2) is 5.76 Å². The zero-order valence-corrected chi connectivity index (χ0v) is 15.5. The summed E-state index contributed by atoms with van der Waals surface area (Å²) in [5.74, 6) is -0.767. The highest BCUT2D eigenvalue weighted by Crippen LogP contribution is 2.33. The van der Waals surface area contributed by atoms with Gasteiger partial charge in [0.1, 0.15) is 11.5 Å². The minimum Gasteiger partial charge on any atom is -0.491 e. The SMILES string of the molecule is NC(=O)CCOc1ccccc1NC(=O)c1ccc(-c2cccc(C(F)(F)F)c2)o1. The second-order valence-corrected chi connectivity index (χ2v) is 6.26. The number of amides is 2. The smallest absolute Gasteiger partial charge is 0.416 e. The zero-order valence-electron chi connectivity index (χ0n) is 15.5. The van der Waals surface area contributed by atoms with Crippen LogP contribution in [0.3, 0.4) is 0 Å².